The number of allylic oxidation sites excluding steroid dienone is 1. The molecule has 1 amide bonds. The first-order valence-electron chi connectivity index (χ1n) is 15.6. The molecule has 240 valence electrons. The van der Waals surface area contributed by atoms with Gasteiger partial charge in [0, 0.05) is 24.7 Å². The Labute approximate surface area is 257 Å². The Kier molecular flexibility index (Phi) is 9.09. The maximum Gasteiger partial charge on any atom is 0.328 e. The summed E-state index contributed by atoms with van der Waals surface area (Å²) in [5.41, 5.74) is 1.29. The Morgan fingerprint density at radius 2 is 1.84 bits per heavy atom. The van der Waals surface area contributed by atoms with Crippen molar-refractivity contribution in [2.24, 2.45) is 28.6 Å². The van der Waals surface area contributed by atoms with Crippen LogP contribution in [-0.2, 0) is 35.1 Å². The van der Waals surface area contributed by atoms with E-state index in [1.54, 1.807) is 0 Å². The molecular formula is C33H43N2O9-. The zero-order valence-corrected chi connectivity index (χ0v) is 25.7. The first kappa shape index (κ1) is 32.0. The fraction of sp³-hybridized carbons (Fsp3) is 0.636. The number of amides is 1. The molecule has 1 aromatic rings. The van der Waals surface area contributed by atoms with Crippen molar-refractivity contribution in [2.75, 3.05) is 12.3 Å². The van der Waals surface area contributed by atoms with Crippen molar-refractivity contribution in [3.63, 3.8) is 0 Å². The van der Waals surface area contributed by atoms with E-state index in [-0.39, 0.29) is 47.2 Å². The van der Waals surface area contributed by atoms with Gasteiger partial charge < -0.3 is 19.9 Å². The predicted octanol–water partition coefficient (Wildman–Crippen LogP) is 3.77. The van der Waals surface area contributed by atoms with Gasteiger partial charge in [0.05, 0.1) is 19.2 Å². The fourth-order valence-corrected chi connectivity index (χ4v) is 8.82. The Balaban J connectivity index is 1.15. The van der Waals surface area contributed by atoms with Crippen molar-refractivity contribution < 1.29 is 44.2 Å². The van der Waals surface area contributed by atoms with Gasteiger partial charge in [0.2, 0.25) is 5.91 Å². The molecule has 0 aliphatic heterocycles. The van der Waals surface area contributed by atoms with Crippen LogP contribution in [0.2, 0.25) is 0 Å². The number of ketones is 1. The van der Waals surface area contributed by atoms with E-state index in [2.05, 4.69) is 19.2 Å². The van der Waals surface area contributed by atoms with Gasteiger partial charge >= 0.3 is 11.9 Å². The van der Waals surface area contributed by atoms with Crippen molar-refractivity contribution >= 4 is 29.3 Å². The van der Waals surface area contributed by atoms with Gasteiger partial charge in [0.25, 0.3) is 0 Å². The van der Waals surface area contributed by atoms with E-state index in [1.807, 2.05) is 6.08 Å². The van der Waals surface area contributed by atoms with Crippen molar-refractivity contribution in [2.45, 2.75) is 96.6 Å². The molecule has 0 aromatic heterocycles. The maximum absolute atomic E-state index is 13.0. The van der Waals surface area contributed by atoms with Crippen LogP contribution >= 0.6 is 0 Å². The maximum atomic E-state index is 13.0. The summed E-state index contributed by atoms with van der Waals surface area (Å²) in [5, 5.41) is 32.6. The normalized spacial score (nSPS) is 31.5. The van der Waals surface area contributed by atoms with Gasteiger partial charge in [0.15, 0.2) is 5.78 Å². The van der Waals surface area contributed by atoms with E-state index in [4.69, 9.17) is 9.47 Å². The third-order valence-electron chi connectivity index (χ3n) is 11.2. The molecule has 1 aromatic carbocycles. The molecule has 44 heavy (non-hydrogen) atoms. The second-order valence-corrected chi connectivity index (χ2v) is 13.5. The highest BCUT2D eigenvalue weighted by atomic mass is 16.8. The molecule has 0 radical (unpaired) electrons. The van der Waals surface area contributed by atoms with Crippen LogP contribution in [0.1, 0.15) is 83.6 Å². The Morgan fingerprint density at radius 3 is 2.57 bits per heavy atom. The molecule has 7 atom stereocenters. The highest BCUT2D eigenvalue weighted by molar-refractivity contribution is 5.91. The lowest BCUT2D eigenvalue weighted by atomic mass is 9.47. The molecule has 11 heteroatoms. The third-order valence-corrected chi connectivity index (χ3v) is 11.2. The van der Waals surface area contributed by atoms with E-state index in [1.165, 1.54) is 24.8 Å². The summed E-state index contributed by atoms with van der Waals surface area (Å²) in [6.45, 7) is 4.60. The van der Waals surface area contributed by atoms with Gasteiger partial charge in [-0.15, -0.1) is 5.23 Å². The molecule has 0 spiro atoms. The minimum Gasteiger partial charge on any atom is -0.871 e. The van der Waals surface area contributed by atoms with Crippen LogP contribution in [-0.4, -0.2) is 53.3 Å². The number of rotatable bonds is 9. The summed E-state index contributed by atoms with van der Waals surface area (Å²) >= 11 is 0. The zero-order chi connectivity index (χ0) is 31.8. The Bertz CT molecular complexity index is 1340. The Hall–Kier alpha value is -3.44. The van der Waals surface area contributed by atoms with E-state index in [0.717, 1.165) is 51.0 Å². The summed E-state index contributed by atoms with van der Waals surface area (Å²) in [5.74, 6) is -0.532. The molecule has 0 unspecified atom stereocenters. The number of methoxy groups -OCH3 is 1. The number of esters is 2. The molecule has 3 saturated carbocycles. The highest BCUT2D eigenvalue weighted by Crippen LogP contribution is 2.65. The number of hydrogen-bond acceptors (Lipinski definition) is 10. The first-order valence-corrected chi connectivity index (χ1v) is 15.6. The van der Waals surface area contributed by atoms with Crippen LogP contribution in [0, 0.1) is 28.6 Å². The molecule has 0 heterocycles. The average molecular weight is 612 g/mol. The minimum absolute atomic E-state index is 0.0689. The number of nitrogens with one attached hydrogen (secondary N) is 1. The van der Waals surface area contributed by atoms with Crippen molar-refractivity contribution in [1.82, 2.24) is 5.32 Å². The molecule has 4 aliphatic rings. The monoisotopic (exact) mass is 611 g/mol. The van der Waals surface area contributed by atoms with E-state index in [9.17, 15) is 34.7 Å². The second kappa shape index (κ2) is 12.5. The molecule has 11 nitrogen and oxygen atoms in total. The lowest BCUT2D eigenvalue weighted by Gasteiger charge is -2.57. The van der Waals surface area contributed by atoms with Gasteiger partial charge in [-0.2, -0.15) is 0 Å². The van der Waals surface area contributed by atoms with Gasteiger partial charge in [-0.05, 0) is 85.8 Å². The molecule has 4 aliphatic carbocycles. The smallest absolute Gasteiger partial charge is 0.328 e. The summed E-state index contributed by atoms with van der Waals surface area (Å²) in [6.07, 6.45) is 8.74. The van der Waals surface area contributed by atoms with Crippen molar-refractivity contribution in [3.8, 4) is 5.75 Å². The SMILES string of the molecule is COC(=O)[C@H](Cc1ccc([O-])c(N(O)O)c1)NC(=O)CCC(=O)O[C@H]1CC[C@H]2[C@H]3CCC4=CC(=O)CC[C@]4(C)[C@H]3CC[C@]12C. The largest absolute Gasteiger partial charge is 0.871 e. The quantitative estimate of drug-likeness (QED) is 0.276. The molecule has 0 saturated heterocycles. The van der Waals surface area contributed by atoms with Crippen molar-refractivity contribution in [1.29, 1.82) is 0 Å². The molecule has 3 N–H and O–H groups in total. The number of carbonyl (C=O) groups is 4. The van der Waals surface area contributed by atoms with E-state index in [0.29, 0.717) is 29.7 Å². The van der Waals surface area contributed by atoms with Gasteiger partial charge in [-0.25, -0.2) is 4.79 Å². The zero-order valence-electron chi connectivity index (χ0n) is 25.7. The molecule has 3 fully saturated rings. The van der Waals surface area contributed by atoms with Crippen LogP contribution in [0.15, 0.2) is 29.8 Å². The number of fused-ring (bicyclic) bond motifs is 5. The van der Waals surface area contributed by atoms with Gasteiger partial charge in [-0.3, -0.25) is 24.8 Å². The average Bonchev–Trinajstić information content (AvgIpc) is 3.32. The van der Waals surface area contributed by atoms with Gasteiger partial charge in [-0.1, -0.05) is 37.3 Å². The van der Waals surface area contributed by atoms with Crippen LogP contribution < -0.4 is 15.6 Å². The minimum atomic E-state index is -1.11. The fourth-order valence-electron chi connectivity index (χ4n) is 8.82. The van der Waals surface area contributed by atoms with Crippen LogP contribution in [0.5, 0.6) is 5.75 Å². The Morgan fingerprint density at radius 1 is 1.07 bits per heavy atom. The lowest BCUT2D eigenvalue weighted by molar-refractivity contribution is -0.268. The third kappa shape index (κ3) is 6.08. The van der Waals surface area contributed by atoms with Crippen LogP contribution in [0.25, 0.3) is 0 Å². The predicted molar refractivity (Wildman–Crippen MR) is 155 cm³/mol. The van der Waals surface area contributed by atoms with Crippen LogP contribution in [0.3, 0.4) is 0 Å². The number of benzene rings is 1. The van der Waals surface area contributed by atoms with Crippen LogP contribution in [0.4, 0.5) is 5.69 Å². The van der Waals surface area contributed by atoms with E-state index >= 15 is 0 Å². The molecule has 0 bridgehead atoms. The summed E-state index contributed by atoms with van der Waals surface area (Å²) in [4.78, 5) is 50.2. The standard InChI is InChI=1S/C33H44N2O9/c1-32-14-12-21(36)18-20(32)5-6-22-23-7-9-28(33(23,2)15-13-24(22)32)44-30(39)11-10-29(38)34-25(31(40)43-3)16-19-4-8-27(37)26(17-19)35(41)42/h4,8,17-18,22-25,28,37,41-42H,5-7,9-16H2,1-3H3,(H,34,38)/p-1/t22-,23+,24+,25+,28+,32+,33+/m1/s1. The molecular weight excluding hydrogens is 568 g/mol. The first-order chi connectivity index (χ1) is 20.9. The number of nitrogens with zero attached hydrogens (tertiary/aromatic N) is 1. The number of carbonyl (C=O) groups excluding carboxylic acids is 4. The number of ether oxygens (including phenoxy) is 2. The summed E-state index contributed by atoms with van der Waals surface area (Å²) < 4.78 is 10.8. The summed E-state index contributed by atoms with van der Waals surface area (Å²) in [7, 11) is 1.18. The van der Waals surface area contributed by atoms with Crippen molar-refractivity contribution in [3.05, 3.63) is 35.4 Å². The second-order valence-electron chi connectivity index (χ2n) is 13.5. The number of hydrogen-bond donors (Lipinski definition) is 3. The van der Waals surface area contributed by atoms with Gasteiger partial charge in [0.1, 0.15) is 12.1 Å². The number of anilines is 1. The highest BCUT2D eigenvalue weighted by Gasteiger charge is 2.60. The topological polar surface area (TPSA) is 166 Å². The van der Waals surface area contributed by atoms with E-state index < -0.39 is 35.3 Å². The lowest BCUT2D eigenvalue weighted by Crippen LogP contribution is -2.51. The summed E-state index contributed by atoms with van der Waals surface area (Å²) in [6, 6.07) is 2.62. The molecule has 5 rings (SSSR count).